The quantitative estimate of drug-likeness (QED) is 0.895. The van der Waals surface area contributed by atoms with Gasteiger partial charge in [-0.1, -0.05) is 0 Å². The van der Waals surface area contributed by atoms with Crippen LogP contribution < -0.4 is 10.2 Å². The van der Waals surface area contributed by atoms with Crippen LogP contribution in [0.3, 0.4) is 0 Å². The summed E-state index contributed by atoms with van der Waals surface area (Å²) in [5, 5.41) is 0. The van der Waals surface area contributed by atoms with Gasteiger partial charge >= 0.3 is 0 Å². The third kappa shape index (κ3) is 2.33. The smallest absolute Gasteiger partial charge is 0.228 e. The van der Waals surface area contributed by atoms with Gasteiger partial charge in [-0.3, -0.25) is 9.83 Å². The molecule has 1 aliphatic rings. The lowest BCUT2D eigenvalue weighted by atomic mass is 10.3. The van der Waals surface area contributed by atoms with Gasteiger partial charge in [0.2, 0.25) is 5.88 Å². The van der Waals surface area contributed by atoms with Crippen molar-refractivity contribution in [3.63, 3.8) is 0 Å². The van der Waals surface area contributed by atoms with E-state index in [1.54, 1.807) is 7.11 Å². The highest BCUT2D eigenvalue weighted by atomic mass is 79.9. The standard InChI is InChI=1S/C10H12BrN3O2/c1-6-5-16-14-9(12-6)8-4-3-7(11)10(13-8)15-2/h3-4,6H,5H2,1-2H3,(H,12,14). The molecular formula is C10H12BrN3O2. The van der Waals surface area contributed by atoms with Gasteiger partial charge in [-0.15, -0.1) is 0 Å². The van der Waals surface area contributed by atoms with Crippen molar-refractivity contribution in [2.45, 2.75) is 13.0 Å². The highest BCUT2D eigenvalue weighted by Crippen LogP contribution is 2.22. The number of nitrogens with one attached hydrogen (secondary N) is 1. The first-order chi connectivity index (χ1) is 7.70. The SMILES string of the molecule is COc1nc(C2=NC(C)CON2)ccc1Br. The number of methoxy groups -OCH3 is 1. The number of rotatable bonds is 2. The zero-order valence-corrected chi connectivity index (χ0v) is 10.6. The van der Waals surface area contributed by atoms with Crippen molar-refractivity contribution in [1.82, 2.24) is 10.5 Å². The van der Waals surface area contributed by atoms with Crippen LogP contribution in [-0.4, -0.2) is 30.6 Å². The Morgan fingerprint density at radius 1 is 1.56 bits per heavy atom. The lowest BCUT2D eigenvalue weighted by molar-refractivity contribution is 0.0656. The monoisotopic (exact) mass is 285 g/mol. The Hall–Kier alpha value is -1.14. The van der Waals surface area contributed by atoms with E-state index in [1.165, 1.54) is 0 Å². The summed E-state index contributed by atoms with van der Waals surface area (Å²) in [7, 11) is 1.58. The summed E-state index contributed by atoms with van der Waals surface area (Å²) in [6.07, 6.45) is 0. The van der Waals surface area contributed by atoms with Crippen LogP contribution in [0.15, 0.2) is 21.6 Å². The van der Waals surface area contributed by atoms with Crippen molar-refractivity contribution in [2.75, 3.05) is 13.7 Å². The second-order valence-corrected chi connectivity index (χ2v) is 4.28. The second-order valence-electron chi connectivity index (χ2n) is 3.43. The average Bonchev–Trinajstić information content (AvgIpc) is 2.29. The number of aliphatic imine (C=N–C) groups is 1. The highest BCUT2D eigenvalue weighted by molar-refractivity contribution is 9.10. The minimum Gasteiger partial charge on any atom is -0.480 e. The van der Waals surface area contributed by atoms with Gasteiger partial charge in [-0.25, -0.2) is 10.5 Å². The van der Waals surface area contributed by atoms with Gasteiger partial charge in [0, 0.05) is 0 Å². The number of ether oxygens (including phenoxy) is 1. The number of hydrogen-bond acceptors (Lipinski definition) is 5. The van der Waals surface area contributed by atoms with Gasteiger partial charge in [0.05, 0.1) is 24.2 Å². The van der Waals surface area contributed by atoms with E-state index in [0.29, 0.717) is 24.0 Å². The summed E-state index contributed by atoms with van der Waals surface area (Å²) < 4.78 is 5.93. The molecule has 1 N–H and O–H groups in total. The van der Waals surface area contributed by atoms with Crippen LogP contribution in [0.1, 0.15) is 12.6 Å². The summed E-state index contributed by atoms with van der Waals surface area (Å²) in [5.74, 6) is 1.16. The van der Waals surface area contributed by atoms with Gasteiger partial charge < -0.3 is 4.74 Å². The van der Waals surface area contributed by atoms with E-state index in [9.17, 15) is 0 Å². The van der Waals surface area contributed by atoms with E-state index in [1.807, 2.05) is 19.1 Å². The molecule has 1 aromatic heterocycles. The van der Waals surface area contributed by atoms with Gasteiger partial charge in [-0.05, 0) is 35.0 Å². The first kappa shape index (κ1) is 11.3. The molecule has 5 nitrogen and oxygen atoms in total. The molecule has 6 heteroatoms. The molecule has 0 radical (unpaired) electrons. The van der Waals surface area contributed by atoms with E-state index in [4.69, 9.17) is 9.57 Å². The third-order valence-electron chi connectivity index (χ3n) is 2.09. The number of hydroxylamine groups is 1. The number of aromatic nitrogens is 1. The van der Waals surface area contributed by atoms with Crippen LogP contribution in [0.4, 0.5) is 0 Å². The molecule has 0 saturated heterocycles. The predicted molar refractivity (Wildman–Crippen MR) is 63.6 cm³/mol. The van der Waals surface area contributed by atoms with Crippen LogP contribution in [0.25, 0.3) is 0 Å². The zero-order chi connectivity index (χ0) is 11.5. The molecule has 0 amide bonds. The number of amidine groups is 1. The number of nitrogens with zero attached hydrogens (tertiary/aromatic N) is 2. The highest BCUT2D eigenvalue weighted by Gasteiger charge is 2.15. The molecule has 0 aliphatic carbocycles. The predicted octanol–water partition coefficient (Wildman–Crippen LogP) is 1.52. The van der Waals surface area contributed by atoms with Crippen molar-refractivity contribution in [3.8, 4) is 5.88 Å². The molecule has 0 bridgehead atoms. The zero-order valence-electron chi connectivity index (χ0n) is 9.03. The fraction of sp³-hybridized carbons (Fsp3) is 0.400. The number of pyridine rings is 1. The summed E-state index contributed by atoms with van der Waals surface area (Å²) in [5.41, 5.74) is 3.45. The third-order valence-corrected chi connectivity index (χ3v) is 2.70. The minimum atomic E-state index is 0.132. The van der Waals surface area contributed by atoms with E-state index in [0.717, 1.165) is 4.47 Å². The van der Waals surface area contributed by atoms with Gasteiger partial charge in [0.1, 0.15) is 5.69 Å². The summed E-state index contributed by atoms with van der Waals surface area (Å²) in [6, 6.07) is 3.84. The molecule has 1 atom stereocenters. The summed E-state index contributed by atoms with van der Waals surface area (Å²) in [6.45, 7) is 2.55. The summed E-state index contributed by atoms with van der Waals surface area (Å²) in [4.78, 5) is 13.9. The van der Waals surface area contributed by atoms with Crippen LogP contribution in [0.5, 0.6) is 5.88 Å². The molecule has 16 heavy (non-hydrogen) atoms. The molecule has 0 aromatic carbocycles. The summed E-state index contributed by atoms with van der Waals surface area (Å²) >= 11 is 3.35. The van der Waals surface area contributed by atoms with E-state index >= 15 is 0 Å². The molecule has 1 unspecified atom stereocenters. The van der Waals surface area contributed by atoms with Gasteiger partial charge in [0.15, 0.2) is 5.84 Å². The maximum Gasteiger partial charge on any atom is 0.228 e. The first-order valence-electron chi connectivity index (χ1n) is 4.87. The van der Waals surface area contributed by atoms with E-state index in [-0.39, 0.29) is 6.04 Å². The van der Waals surface area contributed by atoms with Crippen LogP contribution >= 0.6 is 15.9 Å². The average molecular weight is 286 g/mol. The van der Waals surface area contributed by atoms with Gasteiger partial charge in [0.25, 0.3) is 0 Å². The Balaban J connectivity index is 2.33. The minimum absolute atomic E-state index is 0.132. The van der Waals surface area contributed by atoms with Crippen molar-refractivity contribution >= 4 is 21.8 Å². The first-order valence-corrected chi connectivity index (χ1v) is 5.66. The molecule has 1 aliphatic heterocycles. The van der Waals surface area contributed by atoms with Crippen LogP contribution in [0.2, 0.25) is 0 Å². The van der Waals surface area contributed by atoms with Gasteiger partial charge in [-0.2, -0.15) is 0 Å². The van der Waals surface area contributed by atoms with E-state index in [2.05, 4.69) is 31.4 Å². The maximum atomic E-state index is 5.18. The lowest BCUT2D eigenvalue weighted by Gasteiger charge is -2.18. The van der Waals surface area contributed by atoms with E-state index < -0.39 is 0 Å². The molecule has 0 saturated carbocycles. The van der Waals surface area contributed by atoms with Crippen LogP contribution in [-0.2, 0) is 4.84 Å². The van der Waals surface area contributed by atoms with Crippen molar-refractivity contribution in [3.05, 3.63) is 22.3 Å². The topological polar surface area (TPSA) is 55.7 Å². The van der Waals surface area contributed by atoms with Crippen LogP contribution in [0, 0.1) is 0 Å². The maximum absolute atomic E-state index is 5.18. The van der Waals surface area contributed by atoms with Crippen molar-refractivity contribution < 1.29 is 9.57 Å². The number of halogens is 1. The largest absolute Gasteiger partial charge is 0.480 e. The molecular weight excluding hydrogens is 274 g/mol. The fourth-order valence-corrected chi connectivity index (χ4v) is 1.71. The number of hydrogen-bond donors (Lipinski definition) is 1. The molecule has 2 rings (SSSR count). The Bertz CT molecular complexity index is 423. The second kappa shape index (κ2) is 4.80. The Kier molecular flexibility index (Phi) is 3.40. The molecule has 1 aromatic rings. The molecule has 2 heterocycles. The molecule has 0 spiro atoms. The normalized spacial score (nSPS) is 19.9. The Labute approximate surface area is 102 Å². The van der Waals surface area contributed by atoms with Crippen molar-refractivity contribution in [1.29, 1.82) is 0 Å². The lowest BCUT2D eigenvalue weighted by Crippen LogP contribution is -2.35. The van der Waals surface area contributed by atoms with Crippen molar-refractivity contribution in [2.24, 2.45) is 4.99 Å². The fourth-order valence-electron chi connectivity index (χ4n) is 1.33. The molecule has 0 fully saturated rings. The molecule has 86 valence electrons. The Morgan fingerprint density at radius 2 is 2.38 bits per heavy atom. The Morgan fingerprint density at radius 3 is 3.06 bits per heavy atom.